The second kappa shape index (κ2) is 5.59. The van der Waals surface area contributed by atoms with Crippen molar-refractivity contribution in [3.05, 3.63) is 15.4 Å². The minimum atomic E-state index is -3.81. The number of hydrogen-bond donors (Lipinski definition) is 3. The van der Waals surface area contributed by atoms with Gasteiger partial charge in [-0.3, -0.25) is 4.72 Å². The summed E-state index contributed by atoms with van der Waals surface area (Å²) in [5.41, 5.74) is 5.61. The van der Waals surface area contributed by atoms with E-state index in [1.54, 1.807) is 0 Å². The van der Waals surface area contributed by atoms with Gasteiger partial charge in [0.05, 0.1) is 4.88 Å². The number of nitrogen functional groups attached to an aromatic ring is 1. The highest BCUT2D eigenvalue weighted by Gasteiger charge is 2.21. The number of sulfonamides is 1. The lowest BCUT2D eigenvalue weighted by molar-refractivity contribution is 0.301. The zero-order chi connectivity index (χ0) is 14.0. The highest BCUT2D eigenvalue weighted by Crippen LogP contribution is 2.28. The summed E-state index contributed by atoms with van der Waals surface area (Å²) in [6, 6.07) is 0. The van der Waals surface area contributed by atoms with Gasteiger partial charge < -0.3 is 10.8 Å². The van der Waals surface area contributed by atoms with Crippen LogP contribution in [0.15, 0.2) is 9.72 Å². The highest BCUT2D eigenvalue weighted by molar-refractivity contribution is 7.94. The average Bonchev–Trinajstić information content (AvgIpc) is 2.87. The molecule has 4 N–H and O–H groups in total. The van der Waals surface area contributed by atoms with Crippen molar-refractivity contribution in [3.63, 3.8) is 0 Å². The number of halogens is 1. The molecule has 0 saturated heterocycles. The normalized spacial score (nSPS) is 11.7. The lowest BCUT2D eigenvalue weighted by atomic mass is 10.4. The van der Waals surface area contributed by atoms with Crippen LogP contribution in [0.1, 0.15) is 4.88 Å². The Morgan fingerprint density at radius 2 is 2.21 bits per heavy atom. The van der Waals surface area contributed by atoms with Crippen LogP contribution in [0, 0.1) is 0 Å². The van der Waals surface area contributed by atoms with E-state index in [4.69, 9.17) is 22.4 Å². The van der Waals surface area contributed by atoms with Gasteiger partial charge in [-0.2, -0.15) is 8.42 Å². The predicted molar refractivity (Wildman–Crippen MR) is 75.2 cm³/mol. The van der Waals surface area contributed by atoms with E-state index in [1.807, 2.05) is 0 Å². The topological polar surface area (TPSA) is 118 Å². The van der Waals surface area contributed by atoms with Crippen LogP contribution in [0.2, 0.25) is 5.15 Å². The van der Waals surface area contributed by atoms with Crippen LogP contribution < -0.4 is 10.5 Å². The van der Waals surface area contributed by atoms with Crippen LogP contribution in [-0.4, -0.2) is 30.1 Å². The molecule has 0 radical (unpaired) electrons. The lowest BCUT2D eigenvalue weighted by Crippen LogP contribution is -2.12. The van der Waals surface area contributed by atoms with Crippen molar-refractivity contribution < 1.29 is 13.5 Å². The number of aliphatic hydroxyl groups is 1. The van der Waals surface area contributed by atoms with E-state index >= 15 is 0 Å². The van der Waals surface area contributed by atoms with E-state index in [1.165, 1.54) is 5.38 Å². The fourth-order valence-electron chi connectivity index (χ4n) is 1.21. The van der Waals surface area contributed by atoms with E-state index in [-0.39, 0.29) is 27.0 Å². The average molecular weight is 341 g/mol. The fourth-order valence-corrected chi connectivity index (χ4v) is 4.50. The Balaban J connectivity index is 2.23. The molecule has 7 nitrogen and oxygen atoms in total. The smallest absolute Gasteiger partial charge is 0.291 e. The standard InChI is InChI=1S/C8H9ClN4O3S3/c9-5-3-17-8(11-5)19(15,16)13-7-12-6(10)4(18-7)1-2-14/h3,14H,1-2,10H2,(H,12,13). The van der Waals surface area contributed by atoms with Gasteiger partial charge in [-0.1, -0.05) is 22.9 Å². The molecule has 0 spiro atoms. The van der Waals surface area contributed by atoms with Crippen molar-refractivity contribution in [1.82, 2.24) is 9.97 Å². The highest BCUT2D eigenvalue weighted by atomic mass is 35.5. The summed E-state index contributed by atoms with van der Waals surface area (Å²) in [7, 11) is -3.81. The first-order valence-corrected chi connectivity index (χ1v) is 8.48. The van der Waals surface area contributed by atoms with Crippen molar-refractivity contribution in [2.24, 2.45) is 0 Å². The Morgan fingerprint density at radius 1 is 1.47 bits per heavy atom. The second-order valence-corrected chi connectivity index (χ2v) is 7.53. The molecule has 0 atom stereocenters. The number of nitrogens with two attached hydrogens (primary N) is 1. The van der Waals surface area contributed by atoms with Crippen molar-refractivity contribution in [2.45, 2.75) is 10.8 Å². The molecule has 2 aromatic heterocycles. The molecule has 104 valence electrons. The largest absolute Gasteiger partial charge is 0.396 e. The molecule has 0 aliphatic rings. The maximum absolute atomic E-state index is 11.9. The summed E-state index contributed by atoms with van der Waals surface area (Å²) >= 11 is 7.57. The summed E-state index contributed by atoms with van der Waals surface area (Å²) in [4.78, 5) is 8.19. The molecule has 0 amide bonds. The fraction of sp³-hybridized carbons (Fsp3) is 0.250. The van der Waals surface area contributed by atoms with Gasteiger partial charge in [0.15, 0.2) is 5.13 Å². The van der Waals surface area contributed by atoms with Crippen LogP contribution in [0.4, 0.5) is 10.9 Å². The summed E-state index contributed by atoms with van der Waals surface area (Å²) in [5, 5.41) is 10.5. The molecule has 2 rings (SSSR count). The number of thiazole rings is 2. The van der Waals surface area contributed by atoms with Crippen molar-refractivity contribution in [1.29, 1.82) is 0 Å². The molecule has 0 aliphatic carbocycles. The van der Waals surface area contributed by atoms with Crippen LogP contribution >= 0.6 is 34.3 Å². The first kappa shape index (κ1) is 14.5. The molecule has 11 heteroatoms. The third-order valence-electron chi connectivity index (χ3n) is 1.97. The van der Waals surface area contributed by atoms with Crippen LogP contribution in [0.3, 0.4) is 0 Å². The van der Waals surface area contributed by atoms with E-state index in [0.29, 0.717) is 11.3 Å². The number of aromatic nitrogens is 2. The van der Waals surface area contributed by atoms with Gasteiger partial charge in [-0.15, -0.1) is 11.3 Å². The van der Waals surface area contributed by atoms with Crippen LogP contribution in [0.25, 0.3) is 0 Å². The number of nitrogens with one attached hydrogen (secondary N) is 1. The molecule has 0 unspecified atom stereocenters. The lowest BCUT2D eigenvalue weighted by Gasteiger charge is -2.00. The number of aliphatic hydroxyl groups excluding tert-OH is 1. The Labute approximate surface area is 122 Å². The predicted octanol–water partition coefficient (Wildman–Crippen LogP) is 1.17. The molecule has 19 heavy (non-hydrogen) atoms. The number of hydrogen-bond acceptors (Lipinski definition) is 8. The summed E-state index contributed by atoms with van der Waals surface area (Å²) < 4.78 is 26.0. The van der Waals surface area contributed by atoms with Gasteiger partial charge in [0, 0.05) is 18.4 Å². The minimum absolute atomic E-state index is 0.0827. The Morgan fingerprint density at radius 3 is 2.79 bits per heavy atom. The maximum atomic E-state index is 11.9. The second-order valence-electron chi connectivity index (χ2n) is 3.34. The Bertz CT molecular complexity index is 681. The van der Waals surface area contributed by atoms with Crippen molar-refractivity contribution in [3.8, 4) is 0 Å². The molecule has 0 bridgehead atoms. The first-order valence-electron chi connectivity index (χ1n) is 4.92. The molecular weight excluding hydrogens is 332 g/mol. The Hall–Kier alpha value is -0.940. The number of rotatable bonds is 5. The van der Waals surface area contributed by atoms with Gasteiger partial charge in [-0.05, 0) is 0 Å². The third-order valence-corrected chi connectivity index (χ3v) is 6.07. The summed E-state index contributed by atoms with van der Waals surface area (Å²) in [6.07, 6.45) is 0.328. The zero-order valence-electron chi connectivity index (χ0n) is 9.33. The molecular formula is C8H9ClN4O3S3. The molecule has 2 heterocycles. The number of anilines is 2. The van der Waals surface area contributed by atoms with Gasteiger partial charge in [-0.25, -0.2) is 9.97 Å². The number of nitrogens with zero attached hydrogens (tertiary/aromatic N) is 2. The maximum Gasteiger partial charge on any atom is 0.291 e. The van der Waals surface area contributed by atoms with E-state index in [2.05, 4.69) is 14.7 Å². The monoisotopic (exact) mass is 340 g/mol. The van der Waals surface area contributed by atoms with Gasteiger partial charge in [0.25, 0.3) is 10.0 Å². The van der Waals surface area contributed by atoms with Crippen molar-refractivity contribution >= 4 is 55.2 Å². The van der Waals surface area contributed by atoms with Gasteiger partial charge >= 0.3 is 0 Å². The summed E-state index contributed by atoms with van der Waals surface area (Å²) in [5.74, 6) is 0.203. The third kappa shape index (κ3) is 3.34. The van der Waals surface area contributed by atoms with E-state index < -0.39 is 10.0 Å². The minimum Gasteiger partial charge on any atom is -0.396 e. The quantitative estimate of drug-likeness (QED) is 0.751. The Kier molecular flexibility index (Phi) is 4.26. The zero-order valence-corrected chi connectivity index (χ0v) is 12.5. The molecule has 0 saturated carbocycles. The van der Waals surface area contributed by atoms with Gasteiger partial charge in [0.2, 0.25) is 4.34 Å². The molecule has 2 aromatic rings. The summed E-state index contributed by atoms with van der Waals surface area (Å²) in [6.45, 7) is -0.0827. The molecule has 0 aliphatic heterocycles. The van der Waals surface area contributed by atoms with Gasteiger partial charge in [0.1, 0.15) is 11.0 Å². The van der Waals surface area contributed by atoms with Crippen molar-refractivity contribution in [2.75, 3.05) is 17.1 Å². The first-order chi connectivity index (χ1) is 8.92. The van der Waals surface area contributed by atoms with Crippen LogP contribution in [0.5, 0.6) is 0 Å². The van der Waals surface area contributed by atoms with Crippen LogP contribution in [-0.2, 0) is 16.4 Å². The van der Waals surface area contributed by atoms with E-state index in [9.17, 15) is 8.42 Å². The van der Waals surface area contributed by atoms with E-state index in [0.717, 1.165) is 22.7 Å². The molecule has 0 fully saturated rings. The SMILES string of the molecule is Nc1nc(NS(=O)(=O)c2nc(Cl)cs2)sc1CCO. The molecule has 0 aromatic carbocycles.